The summed E-state index contributed by atoms with van der Waals surface area (Å²) in [5, 5.41) is 3.66. The van der Waals surface area contributed by atoms with Crippen molar-refractivity contribution in [2.75, 3.05) is 17.2 Å². The molecule has 1 aliphatic heterocycles. The molecule has 0 radical (unpaired) electrons. The van der Waals surface area contributed by atoms with Crippen molar-refractivity contribution in [3.63, 3.8) is 0 Å². The molecule has 0 spiro atoms. The molecule has 0 saturated carbocycles. The maximum Gasteiger partial charge on any atom is 0.163 e. The average Bonchev–Trinajstić information content (AvgIpc) is 2.55. The molecule has 4 heteroatoms. The Morgan fingerprint density at radius 1 is 1.73 bits per heavy atom. The molecule has 1 fully saturated rings. The monoisotopic (exact) mass is 170 g/mol. The maximum absolute atomic E-state index is 5.65. The van der Waals surface area contributed by atoms with Crippen LogP contribution in [0.1, 0.15) is 18.1 Å². The van der Waals surface area contributed by atoms with Crippen molar-refractivity contribution in [1.82, 2.24) is 5.16 Å². The van der Waals surface area contributed by atoms with E-state index in [4.69, 9.17) is 10.3 Å². The summed E-state index contributed by atoms with van der Waals surface area (Å²) in [6, 6.07) is 0. The second-order valence-corrected chi connectivity index (χ2v) is 3.86. The Hall–Kier alpha value is -0.640. The van der Waals surface area contributed by atoms with Crippen LogP contribution in [0.2, 0.25) is 0 Å². The SMILES string of the molecule is Nc1cnoc1C1CCSC1. The van der Waals surface area contributed by atoms with Crippen molar-refractivity contribution < 1.29 is 4.52 Å². The van der Waals surface area contributed by atoms with Gasteiger partial charge in [-0.15, -0.1) is 0 Å². The number of hydrogen-bond donors (Lipinski definition) is 1. The lowest BCUT2D eigenvalue weighted by Crippen LogP contribution is -1.97. The van der Waals surface area contributed by atoms with Crippen LogP contribution in [0.15, 0.2) is 10.7 Å². The van der Waals surface area contributed by atoms with Gasteiger partial charge in [0.1, 0.15) is 0 Å². The van der Waals surface area contributed by atoms with Crippen LogP contribution in [0, 0.1) is 0 Å². The number of aromatic nitrogens is 1. The summed E-state index contributed by atoms with van der Waals surface area (Å²) in [7, 11) is 0. The van der Waals surface area contributed by atoms with Gasteiger partial charge in [0.15, 0.2) is 5.76 Å². The van der Waals surface area contributed by atoms with Gasteiger partial charge in [0.05, 0.1) is 11.9 Å². The van der Waals surface area contributed by atoms with Gasteiger partial charge in [0.25, 0.3) is 0 Å². The molecule has 1 aliphatic rings. The van der Waals surface area contributed by atoms with Gasteiger partial charge < -0.3 is 10.3 Å². The zero-order valence-corrected chi connectivity index (χ0v) is 6.93. The van der Waals surface area contributed by atoms with Gasteiger partial charge >= 0.3 is 0 Å². The van der Waals surface area contributed by atoms with Crippen molar-refractivity contribution >= 4 is 17.4 Å². The molecule has 1 unspecified atom stereocenters. The lowest BCUT2D eigenvalue weighted by molar-refractivity contribution is 0.368. The minimum atomic E-state index is 0.502. The Bertz CT molecular complexity index is 242. The van der Waals surface area contributed by atoms with E-state index in [0.29, 0.717) is 11.6 Å². The van der Waals surface area contributed by atoms with E-state index in [9.17, 15) is 0 Å². The van der Waals surface area contributed by atoms with Gasteiger partial charge in [-0.25, -0.2) is 0 Å². The normalized spacial score (nSPS) is 24.2. The van der Waals surface area contributed by atoms with E-state index in [0.717, 1.165) is 11.5 Å². The molecule has 2 N–H and O–H groups in total. The molecule has 0 aliphatic carbocycles. The number of anilines is 1. The first-order valence-electron chi connectivity index (χ1n) is 3.65. The van der Waals surface area contributed by atoms with Gasteiger partial charge in [0.2, 0.25) is 0 Å². The minimum absolute atomic E-state index is 0.502. The van der Waals surface area contributed by atoms with E-state index in [1.807, 2.05) is 11.8 Å². The number of rotatable bonds is 1. The first kappa shape index (κ1) is 7.03. The molecule has 1 aromatic rings. The molecule has 1 aromatic heterocycles. The zero-order valence-electron chi connectivity index (χ0n) is 6.12. The van der Waals surface area contributed by atoms with Gasteiger partial charge in [-0.3, -0.25) is 0 Å². The van der Waals surface area contributed by atoms with Crippen LogP contribution in [0.3, 0.4) is 0 Å². The van der Waals surface area contributed by atoms with Crippen molar-refractivity contribution in [2.24, 2.45) is 0 Å². The van der Waals surface area contributed by atoms with Gasteiger partial charge in [-0.05, 0) is 12.2 Å². The number of nitrogen functional groups attached to an aromatic ring is 1. The van der Waals surface area contributed by atoms with Gasteiger partial charge in [-0.2, -0.15) is 11.8 Å². The van der Waals surface area contributed by atoms with Crippen LogP contribution in [-0.2, 0) is 0 Å². The minimum Gasteiger partial charge on any atom is -0.395 e. The fourth-order valence-corrected chi connectivity index (χ4v) is 2.53. The Kier molecular flexibility index (Phi) is 1.77. The topological polar surface area (TPSA) is 52.0 Å². The Labute approximate surface area is 69.3 Å². The Balaban J connectivity index is 2.21. The van der Waals surface area contributed by atoms with Crippen molar-refractivity contribution in [3.8, 4) is 0 Å². The number of nitrogens with zero attached hydrogens (tertiary/aromatic N) is 1. The predicted molar refractivity (Wildman–Crippen MR) is 45.6 cm³/mol. The van der Waals surface area contributed by atoms with Gasteiger partial charge in [0, 0.05) is 11.7 Å². The predicted octanol–water partition coefficient (Wildman–Crippen LogP) is 1.48. The highest BCUT2D eigenvalue weighted by Crippen LogP contribution is 2.34. The largest absolute Gasteiger partial charge is 0.395 e. The van der Waals surface area contributed by atoms with Crippen molar-refractivity contribution in [1.29, 1.82) is 0 Å². The first-order valence-corrected chi connectivity index (χ1v) is 4.81. The molecule has 2 heterocycles. The first-order chi connectivity index (χ1) is 5.38. The fraction of sp³-hybridized carbons (Fsp3) is 0.571. The van der Waals surface area contributed by atoms with Crippen LogP contribution in [0.4, 0.5) is 5.69 Å². The molecule has 3 nitrogen and oxygen atoms in total. The lowest BCUT2D eigenvalue weighted by atomic mass is 10.1. The van der Waals surface area contributed by atoms with E-state index in [2.05, 4.69) is 5.16 Å². The van der Waals surface area contributed by atoms with E-state index in [-0.39, 0.29) is 0 Å². The number of nitrogens with two attached hydrogens (primary N) is 1. The third-order valence-corrected chi connectivity index (χ3v) is 3.09. The Morgan fingerprint density at radius 3 is 3.18 bits per heavy atom. The summed E-state index contributed by atoms with van der Waals surface area (Å²) in [4.78, 5) is 0. The third-order valence-electron chi connectivity index (χ3n) is 1.93. The maximum atomic E-state index is 5.65. The standard InChI is InChI=1S/C7H10N2OS/c8-6-3-9-10-7(6)5-1-2-11-4-5/h3,5H,1-2,4,8H2. The second kappa shape index (κ2) is 2.77. The summed E-state index contributed by atoms with van der Waals surface area (Å²) < 4.78 is 5.06. The quantitative estimate of drug-likeness (QED) is 0.693. The third kappa shape index (κ3) is 1.22. The molecule has 0 bridgehead atoms. The van der Waals surface area contributed by atoms with E-state index in [1.165, 1.54) is 12.2 Å². The van der Waals surface area contributed by atoms with Crippen LogP contribution in [0.25, 0.3) is 0 Å². The zero-order chi connectivity index (χ0) is 7.68. The summed E-state index contributed by atoms with van der Waals surface area (Å²) in [6.07, 6.45) is 2.75. The highest BCUT2D eigenvalue weighted by atomic mass is 32.2. The smallest absolute Gasteiger partial charge is 0.163 e. The van der Waals surface area contributed by atoms with Gasteiger partial charge in [-0.1, -0.05) is 5.16 Å². The second-order valence-electron chi connectivity index (χ2n) is 2.71. The average molecular weight is 170 g/mol. The highest BCUT2D eigenvalue weighted by Gasteiger charge is 2.23. The van der Waals surface area contributed by atoms with Crippen molar-refractivity contribution in [3.05, 3.63) is 12.0 Å². The molecule has 1 atom stereocenters. The molecule has 60 valence electrons. The van der Waals surface area contributed by atoms with Crippen LogP contribution >= 0.6 is 11.8 Å². The summed E-state index contributed by atoms with van der Waals surface area (Å²) in [6.45, 7) is 0. The Morgan fingerprint density at radius 2 is 2.64 bits per heavy atom. The molecule has 0 amide bonds. The van der Waals surface area contributed by atoms with Crippen LogP contribution in [-0.4, -0.2) is 16.7 Å². The lowest BCUT2D eigenvalue weighted by Gasteiger charge is -2.02. The van der Waals surface area contributed by atoms with Crippen LogP contribution < -0.4 is 5.73 Å². The number of hydrogen-bond acceptors (Lipinski definition) is 4. The van der Waals surface area contributed by atoms with Crippen molar-refractivity contribution in [2.45, 2.75) is 12.3 Å². The molecular weight excluding hydrogens is 160 g/mol. The molecule has 2 rings (SSSR count). The summed E-state index contributed by atoms with van der Waals surface area (Å²) in [5.41, 5.74) is 6.36. The van der Waals surface area contributed by atoms with Crippen LogP contribution in [0.5, 0.6) is 0 Å². The molecule has 1 saturated heterocycles. The highest BCUT2D eigenvalue weighted by molar-refractivity contribution is 7.99. The summed E-state index contributed by atoms with van der Waals surface area (Å²) >= 11 is 1.95. The molecular formula is C7H10N2OS. The fourth-order valence-electron chi connectivity index (χ4n) is 1.31. The molecule has 0 aromatic carbocycles. The van der Waals surface area contributed by atoms with E-state index >= 15 is 0 Å². The summed E-state index contributed by atoms with van der Waals surface area (Å²) in [5.74, 6) is 3.72. The molecule has 11 heavy (non-hydrogen) atoms. The van der Waals surface area contributed by atoms with E-state index in [1.54, 1.807) is 6.20 Å². The number of thioether (sulfide) groups is 1. The van der Waals surface area contributed by atoms with E-state index < -0.39 is 0 Å².